The molecule has 2 heterocycles. The molecular weight excluding hydrogens is 228 g/mol. The van der Waals surface area contributed by atoms with Gasteiger partial charge < -0.3 is 10.7 Å². The van der Waals surface area contributed by atoms with E-state index in [0.29, 0.717) is 11.5 Å². The summed E-state index contributed by atoms with van der Waals surface area (Å²) in [5.74, 6) is 0.586. The Morgan fingerprint density at radius 3 is 2.83 bits per heavy atom. The van der Waals surface area contributed by atoms with Crippen LogP contribution < -0.4 is 11.4 Å². The van der Waals surface area contributed by atoms with Gasteiger partial charge in [-0.15, -0.1) is 0 Å². The van der Waals surface area contributed by atoms with Crippen LogP contribution >= 0.6 is 0 Å². The van der Waals surface area contributed by atoms with Crippen LogP contribution in [-0.2, 0) is 0 Å². The first-order valence-corrected chi connectivity index (χ1v) is 5.58. The van der Waals surface area contributed by atoms with Gasteiger partial charge in [-0.2, -0.15) is 0 Å². The van der Waals surface area contributed by atoms with Crippen LogP contribution in [-0.4, -0.2) is 14.5 Å². The highest BCUT2D eigenvalue weighted by molar-refractivity contribution is 5.80. The van der Waals surface area contributed by atoms with E-state index in [1.165, 1.54) is 4.57 Å². The van der Waals surface area contributed by atoms with Crippen LogP contribution in [0.5, 0.6) is 0 Å². The van der Waals surface area contributed by atoms with Crippen molar-refractivity contribution in [3.05, 3.63) is 52.6 Å². The number of anilines is 1. The molecule has 0 bridgehead atoms. The second-order valence-electron chi connectivity index (χ2n) is 4.24. The van der Waals surface area contributed by atoms with E-state index in [2.05, 4.69) is 9.97 Å². The third-order valence-corrected chi connectivity index (χ3v) is 2.83. The molecule has 0 saturated carbocycles. The first-order chi connectivity index (χ1) is 8.65. The molecule has 0 radical (unpaired) electrons. The van der Waals surface area contributed by atoms with Gasteiger partial charge in [-0.1, -0.05) is 6.07 Å². The van der Waals surface area contributed by atoms with Crippen molar-refractivity contribution in [2.24, 2.45) is 0 Å². The Kier molecular flexibility index (Phi) is 2.19. The molecule has 3 rings (SSSR count). The first-order valence-electron chi connectivity index (χ1n) is 5.58. The fraction of sp³-hybridized carbons (Fsp3) is 0.0769. The first kappa shape index (κ1) is 10.6. The maximum absolute atomic E-state index is 12.0. The van der Waals surface area contributed by atoms with Crippen LogP contribution in [0.25, 0.3) is 16.9 Å². The summed E-state index contributed by atoms with van der Waals surface area (Å²) in [6, 6.07) is 9.03. The zero-order chi connectivity index (χ0) is 12.7. The molecule has 5 heteroatoms. The van der Waals surface area contributed by atoms with Crippen molar-refractivity contribution in [1.82, 2.24) is 14.5 Å². The number of H-pyrrole nitrogens is 1. The van der Waals surface area contributed by atoms with Crippen LogP contribution in [0.2, 0.25) is 0 Å². The summed E-state index contributed by atoms with van der Waals surface area (Å²) in [5.41, 5.74) is 8.68. The third kappa shape index (κ3) is 1.57. The number of nitrogen functional groups attached to an aromatic ring is 1. The standard InChI is InChI=1S/C13H12N4O/c1-8-2-5-12(15-7-8)17-11-6-9(14)3-4-10(11)16-13(17)18/h2-7H,14H2,1H3,(H,16,18). The number of rotatable bonds is 1. The van der Waals surface area contributed by atoms with Crippen LogP contribution in [0.15, 0.2) is 41.3 Å². The van der Waals surface area contributed by atoms with Gasteiger partial charge >= 0.3 is 5.69 Å². The maximum Gasteiger partial charge on any atom is 0.332 e. The fourth-order valence-electron chi connectivity index (χ4n) is 1.94. The molecular formula is C13H12N4O. The summed E-state index contributed by atoms with van der Waals surface area (Å²) in [7, 11) is 0. The van der Waals surface area contributed by atoms with E-state index in [4.69, 9.17) is 5.73 Å². The highest BCUT2D eigenvalue weighted by atomic mass is 16.1. The van der Waals surface area contributed by atoms with Crippen LogP contribution in [0.1, 0.15) is 5.56 Å². The molecule has 0 aliphatic carbocycles. The van der Waals surface area contributed by atoms with E-state index in [0.717, 1.165) is 16.6 Å². The van der Waals surface area contributed by atoms with Crippen molar-refractivity contribution >= 4 is 16.7 Å². The smallest absolute Gasteiger partial charge is 0.332 e. The monoisotopic (exact) mass is 240 g/mol. The Morgan fingerprint density at radius 2 is 2.11 bits per heavy atom. The van der Waals surface area contributed by atoms with Crippen molar-refractivity contribution in [3.63, 3.8) is 0 Å². The van der Waals surface area contributed by atoms with Gasteiger partial charge in [-0.05, 0) is 36.8 Å². The van der Waals surface area contributed by atoms with Crippen molar-refractivity contribution in [1.29, 1.82) is 0 Å². The van der Waals surface area contributed by atoms with Crippen molar-refractivity contribution in [3.8, 4) is 5.82 Å². The molecule has 1 aromatic carbocycles. The molecule has 0 spiro atoms. The molecule has 0 atom stereocenters. The number of imidazole rings is 1. The largest absolute Gasteiger partial charge is 0.399 e. The predicted molar refractivity (Wildman–Crippen MR) is 70.8 cm³/mol. The molecule has 18 heavy (non-hydrogen) atoms. The number of pyridine rings is 1. The van der Waals surface area contributed by atoms with Gasteiger partial charge in [0.2, 0.25) is 0 Å². The number of nitrogens with zero attached hydrogens (tertiary/aromatic N) is 2. The van der Waals surface area contributed by atoms with E-state index >= 15 is 0 Å². The van der Waals surface area contributed by atoms with Gasteiger partial charge in [0, 0.05) is 11.9 Å². The van der Waals surface area contributed by atoms with E-state index in [9.17, 15) is 4.79 Å². The number of nitrogens with one attached hydrogen (secondary N) is 1. The van der Waals surface area contributed by atoms with Gasteiger partial charge in [0.25, 0.3) is 0 Å². The van der Waals surface area contributed by atoms with Crippen molar-refractivity contribution in [2.75, 3.05) is 5.73 Å². The quantitative estimate of drug-likeness (QED) is 0.634. The highest BCUT2D eigenvalue weighted by Crippen LogP contribution is 2.17. The average Bonchev–Trinajstić information content (AvgIpc) is 2.66. The number of nitrogens with two attached hydrogens (primary N) is 1. The lowest BCUT2D eigenvalue weighted by atomic mass is 10.2. The molecule has 0 fully saturated rings. The molecule has 3 aromatic rings. The van der Waals surface area contributed by atoms with Gasteiger partial charge in [0.1, 0.15) is 5.82 Å². The minimum absolute atomic E-state index is 0.216. The van der Waals surface area contributed by atoms with Crippen LogP contribution in [0.4, 0.5) is 5.69 Å². The molecule has 3 N–H and O–H groups in total. The molecule has 0 aliphatic rings. The lowest BCUT2D eigenvalue weighted by Crippen LogP contribution is -2.15. The Labute approximate surface area is 103 Å². The van der Waals surface area contributed by atoms with Gasteiger partial charge in [-0.25, -0.2) is 14.3 Å². The number of benzene rings is 1. The minimum atomic E-state index is -0.216. The second-order valence-corrected chi connectivity index (χ2v) is 4.24. The average molecular weight is 240 g/mol. The number of fused-ring (bicyclic) bond motifs is 1. The number of aromatic amines is 1. The summed E-state index contributed by atoms with van der Waals surface area (Å²) >= 11 is 0. The predicted octanol–water partition coefficient (Wildman–Crippen LogP) is 1.60. The van der Waals surface area contributed by atoms with Crippen molar-refractivity contribution < 1.29 is 0 Å². The Bertz CT molecular complexity index is 768. The fourth-order valence-corrected chi connectivity index (χ4v) is 1.94. The van der Waals surface area contributed by atoms with Gasteiger partial charge in [0.05, 0.1) is 11.0 Å². The Balaban J connectivity index is 2.34. The molecule has 5 nitrogen and oxygen atoms in total. The van der Waals surface area contributed by atoms with Crippen molar-refractivity contribution in [2.45, 2.75) is 6.92 Å². The highest BCUT2D eigenvalue weighted by Gasteiger charge is 2.09. The molecule has 0 unspecified atom stereocenters. The van der Waals surface area contributed by atoms with Crippen LogP contribution in [0, 0.1) is 6.92 Å². The minimum Gasteiger partial charge on any atom is -0.399 e. The molecule has 0 aliphatic heterocycles. The molecule has 0 saturated heterocycles. The summed E-state index contributed by atoms with van der Waals surface area (Å²) in [6.07, 6.45) is 1.73. The molecule has 0 amide bonds. The summed E-state index contributed by atoms with van der Waals surface area (Å²) in [6.45, 7) is 1.95. The SMILES string of the molecule is Cc1ccc(-n2c(=O)[nH]c3ccc(N)cc32)nc1. The molecule has 90 valence electrons. The number of aryl methyl sites for hydroxylation is 1. The number of aromatic nitrogens is 3. The topological polar surface area (TPSA) is 76.7 Å². The zero-order valence-corrected chi connectivity index (χ0v) is 9.84. The second kappa shape index (κ2) is 3.73. The number of hydrogen-bond donors (Lipinski definition) is 2. The van der Waals surface area contributed by atoms with E-state index in [1.807, 2.05) is 19.1 Å². The summed E-state index contributed by atoms with van der Waals surface area (Å²) in [4.78, 5) is 19.0. The van der Waals surface area contributed by atoms with E-state index < -0.39 is 0 Å². The summed E-state index contributed by atoms with van der Waals surface area (Å²) in [5, 5.41) is 0. The lowest BCUT2D eigenvalue weighted by molar-refractivity contribution is 0.963. The van der Waals surface area contributed by atoms with Crippen LogP contribution in [0.3, 0.4) is 0 Å². The Morgan fingerprint density at radius 1 is 1.28 bits per heavy atom. The summed E-state index contributed by atoms with van der Waals surface area (Å²) < 4.78 is 1.52. The normalized spacial score (nSPS) is 10.9. The van der Waals surface area contributed by atoms with E-state index in [1.54, 1.807) is 24.4 Å². The number of hydrogen-bond acceptors (Lipinski definition) is 3. The maximum atomic E-state index is 12.0. The lowest BCUT2D eigenvalue weighted by Gasteiger charge is -2.03. The molecule has 2 aromatic heterocycles. The van der Waals surface area contributed by atoms with E-state index in [-0.39, 0.29) is 5.69 Å². The zero-order valence-electron chi connectivity index (χ0n) is 9.84. The Hall–Kier alpha value is -2.56. The van der Waals surface area contributed by atoms with Gasteiger partial charge in [0.15, 0.2) is 0 Å². The third-order valence-electron chi connectivity index (χ3n) is 2.83. The van der Waals surface area contributed by atoms with Gasteiger partial charge in [-0.3, -0.25) is 0 Å².